The van der Waals surface area contributed by atoms with Crippen molar-refractivity contribution in [3.05, 3.63) is 34.6 Å². The Labute approximate surface area is 80.5 Å². The van der Waals surface area contributed by atoms with Crippen LogP contribution >= 0.6 is 11.6 Å². The molecule has 0 radical (unpaired) electrons. The smallest absolute Gasteiger partial charge is 0.145 e. The third-order valence-electron chi connectivity index (χ3n) is 1.90. The molecule has 0 aliphatic rings. The summed E-state index contributed by atoms with van der Waals surface area (Å²) in [5, 5.41) is -0.0881. The zero-order valence-corrected chi connectivity index (χ0v) is 7.91. The van der Waals surface area contributed by atoms with Crippen LogP contribution < -0.4 is 5.73 Å². The molecule has 0 fully saturated rings. The van der Waals surface area contributed by atoms with Crippen molar-refractivity contribution in [1.29, 1.82) is 0 Å². The van der Waals surface area contributed by atoms with Gasteiger partial charge in [0.1, 0.15) is 11.5 Å². The third kappa shape index (κ3) is 2.17. The topological polar surface area (TPSA) is 26.0 Å². The second-order valence-corrected chi connectivity index (χ2v) is 3.44. The molecule has 0 heterocycles. The second-order valence-electron chi connectivity index (χ2n) is 3.03. The summed E-state index contributed by atoms with van der Waals surface area (Å²) in [7, 11) is 0. The minimum Gasteiger partial charge on any atom is -0.327 e. The molecule has 4 heteroatoms. The number of hydrogen-bond acceptors (Lipinski definition) is 1. The van der Waals surface area contributed by atoms with E-state index in [2.05, 4.69) is 0 Å². The Bertz CT molecular complexity index is 312. The van der Waals surface area contributed by atoms with Crippen LogP contribution in [0, 0.1) is 5.82 Å². The van der Waals surface area contributed by atoms with Crippen LogP contribution in [0.1, 0.15) is 12.5 Å². The van der Waals surface area contributed by atoms with Gasteiger partial charge in [-0.25, -0.2) is 8.78 Å². The summed E-state index contributed by atoms with van der Waals surface area (Å²) >= 11 is 5.49. The molecule has 0 amide bonds. The summed E-state index contributed by atoms with van der Waals surface area (Å²) in [6.07, 6.45) is 0. The molecule has 0 spiro atoms. The molecule has 1 atom stereocenters. The van der Waals surface area contributed by atoms with Crippen molar-refractivity contribution in [2.45, 2.75) is 12.6 Å². The Kier molecular flexibility index (Phi) is 2.88. The summed E-state index contributed by atoms with van der Waals surface area (Å²) in [6, 6.07) is 3.73. The molecule has 1 aromatic carbocycles. The first-order chi connectivity index (χ1) is 5.97. The fraction of sp³-hybridized carbons (Fsp3) is 0.333. The number of rotatable bonds is 2. The molecule has 0 bridgehead atoms. The maximum atomic E-state index is 13.6. The molecular formula is C9H10ClF2N. The molecule has 1 nitrogen and oxygen atoms in total. The average Bonchev–Trinajstić information content (AvgIpc) is 2.09. The monoisotopic (exact) mass is 205 g/mol. The van der Waals surface area contributed by atoms with Crippen molar-refractivity contribution >= 4 is 11.6 Å². The van der Waals surface area contributed by atoms with E-state index in [1.807, 2.05) is 0 Å². The van der Waals surface area contributed by atoms with Crippen LogP contribution in [0.3, 0.4) is 0 Å². The Hall–Kier alpha value is -0.670. The number of halogens is 3. The largest absolute Gasteiger partial charge is 0.327 e. The van der Waals surface area contributed by atoms with Crippen LogP contribution in [0.25, 0.3) is 0 Å². The van der Waals surface area contributed by atoms with Gasteiger partial charge in [-0.2, -0.15) is 0 Å². The highest BCUT2D eigenvalue weighted by Crippen LogP contribution is 2.27. The minimum absolute atomic E-state index is 0.0881. The molecular weight excluding hydrogens is 196 g/mol. The summed E-state index contributed by atoms with van der Waals surface area (Å²) in [5.74, 6) is -0.557. The summed E-state index contributed by atoms with van der Waals surface area (Å²) in [6.45, 7) is 1.17. The Morgan fingerprint density at radius 2 is 2.15 bits per heavy atom. The standard InChI is InChI=1S/C9H10ClF2N/c1-9(12,5-13)6-2-3-8(11)7(10)4-6/h2-4H,5,13H2,1H3. The van der Waals surface area contributed by atoms with Gasteiger partial charge in [0.2, 0.25) is 0 Å². The van der Waals surface area contributed by atoms with Crippen LogP contribution in [-0.4, -0.2) is 6.54 Å². The van der Waals surface area contributed by atoms with Crippen molar-refractivity contribution in [2.75, 3.05) is 6.54 Å². The fourth-order valence-electron chi connectivity index (χ4n) is 0.938. The van der Waals surface area contributed by atoms with Crippen LogP contribution in [0.2, 0.25) is 5.02 Å². The average molecular weight is 206 g/mol. The van der Waals surface area contributed by atoms with Gasteiger partial charge >= 0.3 is 0 Å². The van der Waals surface area contributed by atoms with Gasteiger partial charge in [0.15, 0.2) is 0 Å². The minimum atomic E-state index is -1.66. The number of hydrogen-bond donors (Lipinski definition) is 1. The van der Waals surface area contributed by atoms with Gasteiger partial charge in [-0.3, -0.25) is 0 Å². The van der Waals surface area contributed by atoms with E-state index in [4.69, 9.17) is 17.3 Å². The van der Waals surface area contributed by atoms with Gasteiger partial charge in [0.25, 0.3) is 0 Å². The molecule has 0 aliphatic heterocycles. The molecule has 72 valence electrons. The highest BCUT2D eigenvalue weighted by Gasteiger charge is 2.24. The maximum Gasteiger partial charge on any atom is 0.145 e. The van der Waals surface area contributed by atoms with E-state index in [9.17, 15) is 8.78 Å². The van der Waals surface area contributed by atoms with E-state index in [-0.39, 0.29) is 11.6 Å². The second kappa shape index (κ2) is 3.60. The molecule has 13 heavy (non-hydrogen) atoms. The predicted molar refractivity (Wildman–Crippen MR) is 48.9 cm³/mol. The van der Waals surface area contributed by atoms with Gasteiger partial charge < -0.3 is 5.73 Å². The zero-order valence-electron chi connectivity index (χ0n) is 7.15. The Balaban J connectivity index is 3.10. The lowest BCUT2D eigenvalue weighted by molar-refractivity contribution is 0.203. The van der Waals surface area contributed by atoms with Crippen LogP contribution in [-0.2, 0) is 5.67 Å². The van der Waals surface area contributed by atoms with Crippen molar-refractivity contribution in [1.82, 2.24) is 0 Å². The molecule has 2 N–H and O–H groups in total. The lowest BCUT2D eigenvalue weighted by Crippen LogP contribution is -2.26. The zero-order chi connectivity index (χ0) is 10.1. The number of alkyl halides is 1. The van der Waals surface area contributed by atoms with Gasteiger partial charge in [-0.1, -0.05) is 17.7 Å². The summed E-state index contributed by atoms with van der Waals surface area (Å²) in [5.41, 5.74) is 3.85. The summed E-state index contributed by atoms with van der Waals surface area (Å²) in [4.78, 5) is 0. The van der Waals surface area contributed by atoms with Gasteiger partial charge in [-0.05, 0) is 24.6 Å². The molecule has 0 saturated carbocycles. The van der Waals surface area contributed by atoms with Crippen LogP contribution in [0.4, 0.5) is 8.78 Å². The van der Waals surface area contributed by atoms with E-state index in [1.165, 1.54) is 19.1 Å². The van der Waals surface area contributed by atoms with E-state index in [0.717, 1.165) is 6.07 Å². The third-order valence-corrected chi connectivity index (χ3v) is 2.19. The Morgan fingerprint density at radius 3 is 2.62 bits per heavy atom. The van der Waals surface area contributed by atoms with Gasteiger partial charge in [-0.15, -0.1) is 0 Å². The van der Waals surface area contributed by atoms with Crippen LogP contribution in [0.15, 0.2) is 18.2 Å². The van der Waals surface area contributed by atoms with Crippen molar-refractivity contribution in [3.8, 4) is 0 Å². The lowest BCUT2D eigenvalue weighted by atomic mass is 9.98. The lowest BCUT2D eigenvalue weighted by Gasteiger charge is -2.18. The fourth-order valence-corrected chi connectivity index (χ4v) is 1.12. The maximum absolute atomic E-state index is 13.6. The van der Waals surface area contributed by atoms with Gasteiger partial charge in [0, 0.05) is 6.54 Å². The van der Waals surface area contributed by atoms with E-state index < -0.39 is 11.5 Å². The highest BCUT2D eigenvalue weighted by atomic mass is 35.5. The van der Waals surface area contributed by atoms with E-state index in [0.29, 0.717) is 5.56 Å². The molecule has 1 aromatic rings. The Morgan fingerprint density at radius 1 is 1.54 bits per heavy atom. The molecule has 0 aliphatic carbocycles. The highest BCUT2D eigenvalue weighted by molar-refractivity contribution is 6.30. The van der Waals surface area contributed by atoms with Crippen molar-refractivity contribution in [2.24, 2.45) is 5.73 Å². The van der Waals surface area contributed by atoms with E-state index >= 15 is 0 Å². The molecule has 1 unspecified atom stereocenters. The summed E-state index contributed by atoms with van der Waals surface area (Å²) < 4.78 is 26.3. The number of benzene rings is 1. The first-order valence-electron chi connectivity index (χ1n) is 3.82. The van der Waals surface area contributed by atoms with Crippen LogP contribution in [0.5, 0.6) is 0 Å². The first kappa shape index (κ1) is 10.4. The van der Waals surface area contributed by atoms with E-state index in [1.54, 1.807) is 0 Å². The van der Waals surface area contributed by atoms with Crippen molar-refractivity contribution in [3.63, 3.8) is 0 Å². The molecule has 1 rings (SSSR count). The molecule has 0 saturated heterocycles. The number of nitrogens with two attached hydrogens (primary N) is 1. The molecule has 0 aromatic heterocycles. The quantitative estimate of drug-likeness (QED) is 0.789. The predicted octanol–water partition coefficient (Wildman–Crippen LogP) is 2.62. The van der Waals surface area contributed by atoms with Gasteiger partial charge in [0.05, 0.1) is 5.02 Å². The first-order valence-corrected chi connectivity index (χ1v) is 4.19. The SMILES string of the molecule is CC(F)(CN)c1ccc(F)c(Cl)c1. The van der Waals surface area contributed by atoms with Crippen molar-refractivity contribution < 1.29 is 8.78 Å². The normalized spacial score (nSPS) is 15.5.